The van der Waals surface area contributed by atoms with E-state index in [1.165, 1.54) is 0 Å². The first-order valence-corrected chi connectivity index (χ1v) is 8.68. The minimum absolute atomic E-state index is 0. The molecule has 1 unspecified atom stereocenters. The molecule has 0 aromatic heterocycles. The molecule has 6 heteroatoms. The first-order chi connectivity index (χ1) is 11.4. The average Bonchev–Trinajstić information content (AvgIpc) is 2.57. The summed E-state index contributed by atoms with van der Waals surface area (Å²) >= 11 is 0. The van der Waals surface area contributed by atoms with Crippen LogP contribution in [0.15, 0.2) is 18.2 Å². The Bertz CT molecular complexity index is 523. The molecule has 144 valence electrons. The quantitative estimate of drug-likeness (QED) is 0.684. The van der Waals surface area contributed by atoms with Gasteiger partial charge in [0, 0.05) is 13.1 Å². The SMILES string of the molecule is CCCC(N)C(=O)N(CCc1ccc(OC)c(OC)c1)CC(C)C.Cl. The van der Waals surface area contributed by atoms with E-state index in [0.717, 1.165) is 31.4 Å². The predicted octanol–water partition coefficient (Wildman–Crippen LogP) is 3.28. The third-order valence-electron chi connectivity index (χ3n) is 3.93. The Balaban J connectivity index is 0.00000576. The highest BCUT2D eigenvalue weighted by atomic mass is 35.5. The first kappa shape index (κ1) is 23.5. The fourth-order valence-electron chi connectivity index (χ4n) is 2.70. The Morgan fingerprint density at radius 1 is 1.20 bits per heavy atom. The minimum Gasteiger partial charge on any atom is -0.493 e. The van der Waals surface area contributed by atoms with E-state index < -0.39 is 6.04 Å². The van der Waals surface area contributed by atoms with Crippen LogP contribution in [0.25, 0.3) is 0 Å². The molecule has 5 nitrogen and oxygen atoms in total. The lowest BCUT2D eigenvalue weighted by Gasteiger charge is -2.27. The molecule has 0 saturated carbocycles. The van der Waals surface area contributed by atoms with E-state index in [1.54, 1.807) is 14.2 Å². The summed E-state index contributed by atoms with van der Waals surface area (Å²) < 4.78 is 10.6. The van der Waals surface area contributed by atoms with Crippen LogP contribution in [0.4, 0.5) is 0 Å². The molecule has 0 heterocycles. The number of benzene rings is 1. The van der Waals surface area contributed by atoms with E-state index in [2.05, 4.69) is 13.8 Å². The molecule has 0 aliphatic rings. The van der Waals surface area contributed by atoms with E-state index in [9.17, 15) is 4.79 Å². The highest BCUT2D eigenvalue weighted by Crippen LogP contribution is 2.27. The van der Waals surface area contributed by atoms with Gasteiger partial charge in [0.15, 0.2) is 11.5 Å². The summed E-state index contributed by atoms with van der Waals surface area (Å²) in [5, 5.41) is 0. The number of halogens is 1. The maximum Gasteiger partial charge on any atom is 0.239 e. The zero-order chi connectivity index (χ0) is 18.1. The third kappa shape index (κ3) is 7.53. The standard InChI is InChI=1S/C19H32N2O3.ClH/c1-6-7-16(20)19(22)21(13-14(2)3)11-10-15-8-9-17(23-4)18(12-15)24-5;/h8-9,12,14,16H,6-7,10-11,13,20H2,1-5H3;1H. The second kappa shape index (κ2) is 12.0. The topological polar surface area (TPSA) is 64.8 Å². The van der Waals surface area contributed by atoms with Crippen molar-refractivity contribution in [2.75, 3.05) is 27.3 Å². The van der Waals surface area contributed by atoms with E-state index in [4.69, 9.17) is 15.2 Å². The van der Waals surface area contributed by atoms with Crippen LogP contribution >= 0.6 is 12.4 Å². The molecular formula is C19H33ClN2O3. The molecule has 0 radical (unpaired) electrons. The fourth-order valence-corrected chi connectivity index (χ4v) is 2.70. The Kier molecular flexibility index (Phi) is 11.3. The number of nitrogens with zero attached hydrogens (tertiary/aromatic N) is 1. The Morgan fingerprint density at radius 2 is 1.84 bits per heavy atom. The Hall–Kier alpha value is -1.46. The zero-order valence-corrected chi connectivity index (χ0v) is 16.9. The van der Waals surface area contributed by atoms with E-state index in [0.29, 0.717) is 24.0 Å². The average molecular weight is 373 g/mol. The van der Waals surface area contributed by atoms with Crippen molar-refractivity contribution in [2.24, 2.45) is 11.7 Å². The summed E-state index contributed by atoms with van der Waals surface area (Å²) in [6.45, 7) is 7.65. The van der Waals surface area contributed by atoms with Crippen LogP contribution < -0.4 is 15.2 Å². The molecule has 0 spiro atoms. The third-order valence-corrected chi connectivity index (χ3v) is 3.93. The minimum atomic E-state index is -0.404. The maximum atomic E-state index is 12.6. The molecule has 1 aromatic carbocycles. The molecule has 2 N–H and O–H groups in total. The normalized spacial score (nSPS) is 11.6. The molecule has 0 fully saturated rings. The summed E-state index contributed by atoms with van der Waals surface area (Å²) in [7, 11) is 3.25. The van der Waals surface area contributed by atoms with Gasteiger partial charge in [-0.3, -0.25) is 4.79 Å². The van der Waals surface area contributed by atoms with Crippen molar-refractivity contribution in [3.05, 3.63) is 23.8 Å². The molecule has 1 rings (SSSR count). The number of ether oxygens (including phenoxy) is 2. The van der Waals surface area contributed by atoms with Crippen molar-refractivity contribution < 1.29 is 14.3 Å². The van der Waals surface area contributed by atoms with Crippen molar-refractivity contribution in [1.82, 2.24) is 4.90 Å². The summed E-state index contributed by atoms with van der Waals surface area (Å²) in [4.78, 5) is 14.5. The monoisotopic (exact) mass is 372 g/mol. The predicted molar refractivity (Wildman–Crippen MR) is 105 cm³/mol. The lowest BCUT2D eigenvalue weighted by Crippen LogP contribution is -2.46. The highest BCUT2D eigenvalue weighted by molar-refractivity contribution is 5.85. The maximum absolute atomic E-state index is 12.6. The second-order valence-corrected chi connectivity index (χ2v) is 6.51. The van der Waals surface area contributed by atoms with Gasteiger partial charge in [0.2, 0.25) is 5.91 Å². The molecule has 0 aliphatic carbocycles. The van der Waals surface area contributed by atoms with Crippen LogP contribution in [0.1, 0.15) is 39.2 Å². The number of hydrogen-bond donors (Lipinski definition) is 1. The van der Waals surface area contributed by atoms with E-state index >= 15 is 0 Å². The molecular weight excluding hydrogens is 340 g/mol. The van der Waals surface area contributed by atoms with E-state index in [1.807, 2.05) is 30.0 Å². The number of nitrogens with two attached hydrogens (primary N) is 1. The first-order valence-electron chi connectivity index (χ1n) is 8.68. The van der Waals surface area contributed by atoms with Gasteiger partial charge in [0.05, 0.1) is 20.3 Å². The van der Waals surface area contributed by atoms with Crippen LogP contribution in [0.2, 0.25) is 0 Å². The van der Waals surface area contributed by atoms with Gasteiger partial charge in [-0.15, -0.1) is 12.4 Å². The second-order valence-electron chi connectivity index (χ2n) is 6.51. The number of carbonyl (C=O) groups is 1. The van der Waals surface area contributed by atoms with Gasteiger partial charge in [-0.1, -0.05) is 33.3 Å². The van der Waals surface area contributed by atoms with Gasteiger partial charge in [-0.2, -0.15) is 0 Å². The number of hydrogen-bond acceptors (Lipinski definition) is 4. The van der Waals surface area contributed by atoms with Gasteiger partial charge < -0.3 is 20.1 Å². The smallest absolute Gasteiger partial charge is 0.239 e. The van der Waals surface area contributed by atoms with Crippen LogP contribution in [-0.2, 0) is 11.2 Å². The van der Waals surface area contributed by atoms with Crippen LogP contribution in [0, 0.1) is 5.92 Å². The summed E-state index contributed by atoms with van der Waals surface area (Å²) in [6, 6.07) is 5.46. The summed E-state index contributed by atoms with van der Waals surface area (Å²) in [6.07, 6.45) is 2.40. The molecule has 1 aromatic rings. The van der Waals surface area contributed by atoms with Crippen molar-refractivity contribution in [3.8, 4) is 11.5 Å². The lowest BCUT2D eigenvalue weighted by atomic mass is 10.1. The van der Waals surface area contributed by atoms with E-state index in [-0.39, 0.29) is 18.3 Å². The van der Waals surface area contributed by atoms with Crippen molar-refractivity contribution >= 4 is 18.3 Å². The molecule has 0 aliphatic heterocycles. The largest absolute Gasteiger partial charge is 0.493 e. The molecule has 25 heavy (non-hydrogen) atoms. The zero-order valence-electron chi connectivity index (χ0n) is 16.1. The number of methoxy groups -OCH3 is 2. The van der Waals surface area contributed by atoms with Crippen molar-refractivity contribution in [2.45, 2.75) is 46.1 Å². The van der Waals surface area contributed by atoms with Crippen molar-refractivity contribution in [3.63, 3.8) is 0 Å². The number of amides is 1. The lowest BCUT2D eigenvalue weighted by molar-refractivity contribution is -0.133. The molecule has 1 amide bonds. The van der Waals surface area contributed by atoms with Gasteiger partial charge in [-0.05, 0) is 36.5 Å². The van der Waals surface area contributed by atoms with Gasteiger partial charge in [0.1, 0.15) is 0 Å². The van der Waals surface area contributed by atoms with Crippen LogP contribution in [0.3, 0.4) is 0 Å². The van der Waals surface area contributed by atoms with Crippen molar-refractivity contribution in [1.29, 1.82) is 0 Å². The number of carbonyl (C=O) groups excluding carboxylic acids is 1. The fraction of sp³-hybridized carbons (Fsp3) is 0.632. The molecule has 1 atom stereocenters. The Labute approximate surface area is 158 Å². The Morgan fingerprint density at radius 3 is 2.36 bits per heavy atom. The molecule has 0 bridgehead atoms. The van der Waals surface area contributed by atoms with Crippen LogP contribution in [0.5, 0.6) is 11.5 Å². The summed E-state index contributed by atoms with van der Waals surface area (Å²) in [5.41, 5.74) is 7.14. The molecule has 0 saturated heterocycles. The van der Waals surface area contributed by atoms with Gasteiger partial charge in [-0.25, -0.2) is 0 Å². The van der Waals surface area contributed by atoms with Crippen LogP contribution in [-0.4, -0.2) is 44.2 Å². The van der Waals surface area contributed by atoms with Gasteiger partial charge in [0.25, 0.3) is 0 Å². The summed E-state index contributed by atoms with van der Waals surface area (Å²) in [5.74, 6) is 1.87. The number of rotatable bonds is 10. The highest BCUT2D eigenvalue weighted by Gasteiger charge is 2.21. The van der Waals surface area contributed by atoms with Gasteiger partial charge >= 0.3 is 0 Å².